The van der Waals surface area contributed by atoms with Crippen LogP contribution in [0.1, 0.15) is 52.0 Å². The SMILES string of the molecule is CCCCN1C(=O)C(=CC(C)C)NC(=O)C12CCN(Cc1ccc3c(c1)OCCO3)CC2. The number of carbonyl (C=O) groups excluding carboxylic acids is 2. The lowest BCUT2D eigenvalue weighted by molar-refractivity contribution is -0.154. The van der Waals surface area contributed by atoms with Gasteiger partial charge in [-0.05, 0) is 42.9 Å². The first kappa shape index (κ1) is 22.6. The smallest absolute Gasteiger partial charge is 0.270 e. The van der Waals surface area contributed by atoms with Crippen molar-refractivity contribution in [2.75, 3.05) is 32.8 Å². The molecule has 0 bridgehead atoms. The second kappa shape index (κ2) is 9.53. The molecule has 0 saturated carbocycles. The van der Waals surface area contributed by atoms with E-state index in [9.17, 15) is 9.59 Å². The van der Waals surface area contributed by atoms with Crippen molar-refractivity contribution in [1.29, 1.82) is 0 Å². The second-order valence-corrected chi connectivity index (χ2v) is 9.37. The van der Waals surface area contributed by atoms with E-state index in [-0.39, 0.29) is 17.7 Å². The van der Waals surface area contributed by atoms with Crippen molar-refractivity contribution in [3.63, 3.8) is 0 Å². The van der Waals surface area contributed by atoms with Crippen molar-refractivity contribution in [3.05, 3.63) is 35.5 Å². The first-order valence-corrected chi connectivity index (χ1v) is 11.9. The lowest BCUT2D eigenvalue weighted by atomic mass is 9.82. The van der Waals surface area contributed by atoms with E-state index in [4.69, 9.17) is 9.47 Å². The molecule has 2 fully saturated rings. The van der Waals surface area contributed by atoms with Crippen LogP contribution in [0.15, 0.2) is 30.0 Å². The van der Waals surface area contributed by atoms with Gasteiger partial charge in [0, 0.05) is 26.2 Å². The number of allylic oxidation sites excluding steroid dienone is 1. The molecule has 2 amide bonds. The molecule has 1 spiro atoms. The van der Waals surface area contributed by atoms with Crippen molar-refractivity contribution in [2.24, 2.45) is 5.92 Å². The summed E-state index contributed by atoms with van der Waals surface area (Å²) in [6.07, 6.45) is 5.04. The van der Waals surface area contributed by atoms with Gasteiger partial charge in [-0.25, -0.2) is 0 Å². The monoisotopic (exact) mass is 441 g/mol. The summed E-state index contributed by atoms with van der Waals surface area (Å²) in [5.41, 5.74) is 0.856. The van der Waals surface area contributed by atoms with Gasteiger partial charge in [0.25, 0.3) is 11.8 Å². The van der Waals surface area contributed by atoms with Crippen LogP contribution in [0.5, 0.6) is 11.5 Å². The van der Waals surface area contributed by atoms with Gasteiger partial charge in [-0.1, -0.05) is 39.3 Å². The minimum atomic E-state index is -0.746. The van der Waals surface area contributed by atoms with E-state index in [1.807, 2.05) is 37.0 Å². The van der Waals surface area contributed by atoms with E-state index in [2.05, 4.69) is 23.2 Å². The Kier molecular flexibility index (Phi) is 6.74. The summed E-state index contributed by atoms with van der Waals surface area (Å²) in [6, 6.07) is 6.09. The lowest BCUT2D eigenvalue weighted by Crippen LogP contribution is -2.69. The van der Waals surface area contributed by atoms with Crippen molar-refractivity contribution >= 4 is 11.8 Å². The summed E-state index contributed by atoms with van der Waals surface area (Å²) in [5.74, 6) is 1.73. The highest BCUT2D eigenvalue weighted by Gasteiger charge is 2.52. The second-order valence-electron chi connectivity index (χ2n) is 9.37. The quantitative estimate of drug-likeness (QED) is 0.687. The summed E-state index contributed by atoms with van der Waals surface area (Å²) in [7, 11) is 0. The molecule has 0 aromatic heterocycles. The van der Waals surface area contributed by atoms with E-state index < -0.39 is 5.54 Å². The van der Waals surface area contributed by atoms with Crippen molar-refractivity contribution < 1.29 is 19.1 Å². The minimum absolute atomic E-state index is 0.0286. The van der Waals surface area contributed by atoms with Crippen LogP contribution < -0.4 is 14.8 Å². The zero-order valence-corrected chi connectivity index (χ0v) is 19.5. The fourth-order valence-electron chi connectivity index (χ4n) is 4.85. The third-order valence-corrected chi connectivity index (χ3v) is 6.59. The van der Waals surface area contributed by atoms with Crippen LogP contribution >= 0.6 is 0 Å². The van der Waals surface area contributed by atoms with E-state index in [0.29, 0.717) is 38.3 Å². The molecule has 1 N–H and O–H groups in total. The van der Waals surface area contributed by atoms with Gasteiger partial charge in [0.2, 0.25) is 0 Å². The summed E-state index contributed by atoms with van der Waals surface area (Å²) < 4.78 is 11.3. The first-order chi connectivity index (χ1) is 15.4. The number of rotatable bonds is 6. The Hall–Kier alpha value is -2.54. The number of piperidine rings is 1. The molecule has 1 aromatic carbocycles. The number of hydrogen-bond donors (Lipinski definition) is 1. The predicted octanol–water partition coefficient (Wildman–Crippen LogP) is 3.09. The third-order valence-electron chi connectivity index (χ3n) is 6.59. The fraction of sp³-hybridized carbons (Fsp3) is 0.600. The Balaban J connectivity index is 1.47. The number of unbranched alkanes of at least 4 members (excludes halogenated alkanes) is 1. The van der Waals surface area contributed by atoms with Crippen LogP contribution in [0, 0.1) is 5.92 Å². The Morgan fingerprint density at radius 3 is 2.53 bits per heavy atom. The molecule has 0 radical (unpaired) electrons. The molecule has 3 aliphatic heterocycles. The largest absolute Gasteiger partial charge is 0.486 e. The van der Waals surface area contributed by atoms with E-state index >= 15 is 0 Å². The number of likely N-dealkylation sites (tertiary alicyclic amines) is 1. The molecule has 1 aromatic rings. The van der Waals surface area contributed by atoms with Gasteiger partial charge in [-0.15, -0.1) is 0 Å². The Labute approximate surface area is 190 Å². The average molecular weight is 442 g/mol. The van der Waals surface area contributed by atoms with Gasteiger partial charge in [0.05, 0.1) is 0 Å². The maximum absolute atomic E-state index is 13.3. The number of benzene rings is 1. The van der Waals surface area contributed by atoms with Gasteiger partial charge < -0.3 is 19.7 Å². The molecule has 7 heteroatoms. The fourth-order valence-corrected chi connectivity index (χ4v) is 4.85. The highest BCUT2D eigenvalue weighted by atomic mass is 16.6. The number of carbonyl (C=O) groups is 2. The normalized spacial score (nSPS) is 22.0. The molecular weight excluding hydrogens is 406 g/mol. The third kappa shape index (κ3) is 4.49. The standard InChI is InChI=1S/C25H35N3O4/c1-4-5-10-28-23(29)20(15-18(2)3)26-24(30)25(28)8-11-27(12-9-25)17-19-6-7-21-22(16-19)32-14-13-31-21/h6-7,15-16,18H,4-5,8-14,17H2,1-3H3,(H,26,30). The van der Waals surface area contributed by atoms with Gasteiger partial charge in [-0.3, -0.25) is 14.5 Å². The lowest BCUT2D eigenvalue weighted by Gasteiger charge is -2.50. The molecule has 0 unspecified atom stereocenters. The predicted molar refractivity (Wildman–Crippen MR) is 122 cm³/mol. The Morgan fingerprint density at radius 2 is 1.84 bits per heavy atom. The minimum Gasteiger partial charge on any atom is -0.486 e. The molecule has 174 valence electrons. The average Bonchev–Trinajstić information content (AvgIpc) is 2.78. The zero-order chi connectivity index (χ0) is 22.7. The summed E-state index contributed by atoms with van der Waals surface area (Å²) in [6.45, 7) is 10.3. The van der Waals surface area contributed by atoms with Crippen LogP contribution in [0.2, 0.25) is 0 Å². The van der Waals surface area contributed by atoms with E-state index in [1.54, 1.807) is 0 Å². The number of piperazine rings is 1. The number of fused-ring (bicyclic) bond motifs is 1. The molecule has 7 nitrogen and oxygen atoms in total. The Bertz CT molecular complexity index is 887. The highest BCUT2D eigenvalue weighted by molar-refractivity contribution is 6.06. The summed E-state index contributed by atoms with van der Waals surface area (Å²) in [5, 5.41) is 2.95. The number of ether oxygens (including phenoxy) is 2. The maximum Gasteiger partial charge on any atom is 0.270 e. The number of hydrogen-bond acceptors (Lipinski definition) is 5. The van der Waals surface area contributed by atoms with Crippen molar-refractivity contribution in [1.82, 2.24) is 15.1 Å². The van der Waals surface area contributed by atoms with Crippen molar-refractivity contribution in [2.45, 2.75) is 58.5 Å². The van der Waals surface area contributed by atoms with Gasteiger partial charge in [0.1, 0.15) is 24.4 Å². The van der Waals surface area contributed by atoms with Crippen molar-refractivity contribution in [3.8, 4) is 11.5 Å². The number of nitrogens with one attached hydrogen (secondary N) is 1. The molecule has 0 aliphatic carbocycles. The molecule has 0 atom stereocenters. The van der Waals surface area contributed by atoms with Gasteiger partial charge in [-0.2, -0.15) is 0 Å². The van der Waals surface area contributed by atoms with Gasteiger partial charge >= 0.3 is 0 Å². The van der Waals surface area contributed by atoms with Crippen LogP contribution in [0.25, 0.3) is 0 Å². The molecular formula is C25H35N3O4. The molecule has 3 aliphatic rings. The van der Waals surface area contributed by atoms with Crippen LogP contribution in [0.4, 0.5) is 0 Å². The number of nitrogens with zero attached hydrogens (tertiary/aromatic N) is 2. The highest BCUT2D eigenvalue weighted by Crippen LogP contribution is 2.36. The van der Waals surface area contributed by atoms with Crippen LogP contribution in [-0.4, -0.2) is 60.0 Å². The molecule has 32 heavy (non-hydrogen) atoms. The van der Waals surface area contributed by atoms with E-state index in [1.165, 1.54) is 5.56 Å². The Morgan fingerprint density at radius 1 is 1.12 bits per heavy atom. The summed E-state index contributed by atoms with van der Waals surface area (Å²) in [4.78, 5) is 30.8. The molecule has 4 rings (SSSR count). The molecule has 2 saturated heterocycles. The zero-order valence-electron chi connectivity index (χ0n) is 19.5. The van der Waals surface area contributed by atoms with E-state index in [0.717, 1.165) is 44.0 Å². The topological polar surface area (TPSA) is 71.1 Å². The number of amides is 2. The summed E-state index contributed by atoms with van der Waals surface area (Å²) >= 11 is 0. The van der Waals surface area contributed by atoms with Crippen LogP contribution in [-0.2, 0) is 16.1 Å². The maximum atomic E-state index is 13.3. The molecule has 3 heterocycles. The van der Waals surface area contributed by atoms with Gasteiger partial charge in [0.15, 0.2) is 11.5 Å². The van der Waals surface area contributed by atoms with Crippen LogP contribution in [0.3, 0.4) is 0 Å². The first-order valence-electron chi connectivity index (χ1n) is 11.9.